The highest BCUT2D eigenvalue weighted by Gasteiger charge is 2.16. The molecule has 0 spiro atoms. The fourth-order valence-electron chi connectivity index (χ4n) is 3.07. The van der Waals surface area contributed by atoms with Gasteiger partial charge in [0.05, 0.1) is 6.61 Å². The second-order valence-electron chi connectivity index (χ2n) is 6.91. The minimum Gasteiger partial charge on any atom is -0.491 e. The molecular formula is C23H29F3O. The molecule has 0 aliphatic heterocycles. The molecule has 0 aliphatic carbocycles. The predicted molar refractivity (Wildman–Crippen MR) is 105 cm³/mol. The van der Waals surface area contributed by atoms with Crippen LogP contribution in [-0.2, 0) is 6.42 Å². The smallest absolute Gasteiger partial charge is 0.166 e. The highest BCUT2D eigenvalue weighted by atomic mass is 19.2. The van der Waals surface area contributed by atoms with Gasteiger partial charge in [0.25, 0.3) is 0 Å². The lowest BCUT2D eigenvalue weighted by Crippen LogP contribution is -2.00. The van der Waals surface area contributed by atoms with Gasteiger partial charge in [-0.15, -0.1) is 0 Å². The van der Waals surface area contributed by atoms with Crippen LogP contribution in [0.2, 0.25) is 0 Å². The molecule has 0 radical (unpaired) electrons. The second-order valence-corrected chi connectivity index (χ2v) is 6.91. The molecule has 0 saturated carbocycles. The lowest BCUT2D eigenvalue weighted by Gasteiger charge is -2.11. The summed E-state index contributed by atoms with van der Waals surface area (Å²) in [4.78, 5) is 0. The fourth-order valence-corrected chi connectivity index (χ4v) is 3.07. The highest BCUT2D eigenvalue weighted by Crippen LogP contribution is 2.30. The molecule has 0 saturated heterocycles. The Balaban J connectivity index is 2.09. The van der Waals surface area contributed by atoms with Gasteiger partial charge in [-0.2, -0.15) is 0 Å². The SMILES string of the molecule is CCCCCCOc1ccc(-c2ccc(CCCCC)c(F)c2F)cc1F. The minimum atomic E-state index is -0.920. The summed E-state index contributed by atoms with van der Waals surface area (Å²) in [6.45, 7) is 4.64. The molecule has 0 unspecified atom stereocenters. The molecule has 148 valence electrons. The zero-order valence-corrected chi connectivity index (χ0v) is 16.3. The summed E-state index contributed by atoms with van der Waals surface area (Å²) in [7, 11) is 0. The number of hydrogen-bond acceptors (Lipinski definition) is 1. The van der Waals surface area contributed by atoms with Crippen LogP contribution < -0.4 is 4.74 Å². The summed E-state index contributed by atoms with van der Waals surface area (Å²) >= 11 is 0. The van der Waals surface area contributed by atoms with Crippen LogP contribution in [-0.4, -0.2) is 6.61 Å². The first kappa shape index (κ1) is 21.3. The van der Waals surface area contributed by atoms with Gasteiger partial charge in [0.1, 0.15) is 0 Å². The Labute approximate surface area is 160 Å². The van der Waals surface area contributed by atoms with Crippen molar-refractivity contribution in [3.8, 4) is 16.9 Å². The Morgan fingerprint density at radius 1 is 0.778 bits per heavy atom. The molecule has 0 bridgehead atoms. The van der Waals surface area contributed by atoms with E-state index in [4.69, 9.17) is 4.74 Å². The van der Waals surface area contributed by atoms with E-state index in [-0.39, 0.29) is 11.3 Å². The normalized spacial score (nSPS) is 11.0. The van der Waals surface area contributed by atoms with Crippen molar-refractivity contribution in [1.82, 2.24) is 0 Å². The van der Waals surface area contributed by atoms with Crippen molar-refractivity contribution >= 4 is 0 Å². The molecule has 27 heavy (non-hydrogen) atoms. The molecule has 0 aromatic heterocycles. The average molecular weight is 378 g/mol. The molecule has 0 heterocycles. The Hall–Kier alpha value is -1.97. The van der Waals surface area contributed by atoms with Crippen LogP contribution >= 0.6 is 0 Å². The Morgan fingerprint density at radius 2 is 1.52 bits per heavy atom. The van der Waals surface area contributed by atoms with Crippen molar-refractivity contribution in [3.63, 3.8) is 0 Å². The summed E-state index contributed by atoms with van der Waals surface area (Å²) < 4.78 is 48.6. The standard InChI is InChI=1S/C23H29F3O/c1-3-5-7-9-15-27-21-14-12-18(16-20(21)24)19-13-11-17(10-8-6-4-2)22(25)23(19)26/h11-14,16H,3-10,15H2,1-2H3. The largest absolute Gasteiger partial charge is 0.491 e. The first-order chi connectivity index (χ1) is 13.1. The zero-order valence-electron chi connectivity index (χ0n) is 16.3. The third-order valence-electron chi connectivity index (χ3n) is 4.71. The van der Waals surface area contributed by atoms with Crippen LogP contribution in [0, 0.1) is 17.5 Å². The van der Waals surface area contributed by atoms with E-state index in [2.05, 4.69) is 13.8 Å². The van der Waals surface area contributed by atoms with Crippen molar-refractivity contribution in [1.29, 1.82) is 0 Å². The summed E-state index contributed by atoms with van der Waals surface area (Å²) in [5.41, 5.74) is 0.750. The maximum Gasteiger partial charge on any atom is 0.166 e. The molecule has 4 heteroatoms. The van der Waals surface area contributed by atoms with E-state index in [1.54, 1.807) is 12.1 Å². The third kappa shape index (κ3) is 6.02. The quantitative estimate of drug-likeness (QED) is 0.369. The first-order valence-electron chi connectivity index (χ1n) is 9.98. The molecule has 0 N–H and O–H groups in total. The summed E-state index contributed by atoms with van der Waals surface area (Å²) in [5, 5.41) is 0. The molecule has 0 fully saturated rings. The van der Waals surface area contributed by atoms with Crippen molar-refractivity contribution in [2.75, 3.05) is 6.61 Å². The van der Waals surface area contributed by atoms with Gasteiger partial charge in [0.15, 0.2) is 23.2 Å². The average Bonchev–Trinajstić information content (AvgIpc) is 2.66. The van der Waals surface area contributed by atoms with Crippen molar-refractivity contribution in [2.45, 2.75) is 65.2 Å². The Kier molecular flexibility index (Phi) is 8.70. The lowest BCUT2D eigenvalue weighted by molar-refractivity contribution is 0.290. The maximum absolute atomic E-state index is 14.5. The van der Waals surface area contributed by atoms with Gasteiger partial charge in [-0.3, -0.25) is 0 Å². The van der Waals surface area contributed by atoms with E-state index < -0.39 is 17.5 Å². The van der Waals surface area contributed by atoms with Crippen LogP contribution in [0.3, 0.4) is 0 Å². The van der Waals surface area contributed by atoms with E-state index in [9.17, 15) is 13.2 Å². The van der Waals surface area contributed by atoms with E-state index in [0.29, 0.717) is 24.2 Å². The number of unbranched alkanes of at least 4 members (excludes halogenated alkanes) is 5. The maximum atomic E-state index is 14.5. The van der Waals surface area contributed by atoms with Crippen LogP contribution in [0.1, 0.15) is 64.4 Å². The number of benzene rings is 2. The van der Waals surface area contributed by atoms with Crippen LogP contribution in [0.4, 0.5) is 13.2 Å². The molecule has 0 amide bonds. The van der Waals surface area contributed by atoms with Gasteiger partial charge in [-0.1, -0.05) is 64.2 Å². The number of rotatable bonds is 11. The Morgan fingerprint density at radius 3 is 2.22 bits per heavy atom. The van der Waals surface area contributed by atoms with Crippen molar-refractivity contribution < 1.29 is 17.9 Å². The molecule has 1 nitrogen and oxygen atoms in total. The van der Waals surface area contributed by atoms with Gasteiger partial charge in [-0.05, 0) is 42.5 Å². The molecule has 2 rings (SSSR count). The molecular weight excluding hydrogens is 349 g/mol. The van der Waals surface area contributed by atoms with Gasteiger partial charge in [0, 0.05) is 5.56 Å². The van der Waals surface area contributed by atoms with Gasteiger partial charge in [0.2, 0.25) is 0 Å². The lowest BCUT2D eigenvalue weighted by atomic mass is 9.99. The summed E-state index contributed by atoms with van der Waals surface area (Å²) in [6.07, 6.45) is 7.51. The predicted octanol–water partition coefficient (Wildman–Crippen LogP) is 7.46. The topological polar surface area (TPSA) is 9.23 Å². The number of halogens is 3. The Bertz CT molecular complexity index is 728. The van der Waals surface area contributed by atoms with Crippen molar-refractivity contribution in [2.24, 2.45) is 0 Å². The van der Waals surface area contributed by atoms with Gasteiger partial charge < -0.3 is 4.74 Å². The molecule has 2 aromatic carbocycles. The van der Waals surface area contributed by atoms with Crippen LogP contribution in [0.15, 0.2) is 30.3 Å². The monoisotopic (exact) mass is 378 g/mol. The zero-order chi connectivity index (χ0) is 19.6. The van der Waals surface area contributed by atoms with E-state index >= 15 is 0 Å². The number of ether oxygens (including phenoxy) is 1. The first-order valence-corrected chi connectivity index (χ1v) is 9.98. The minimum absolute atomic E-state index is 0.0696. The van der Waals surface area contributed by atoms with Crippen LogP contribution in [0.5, 0.6) is 5.75 Å². The highest BCUT2D eigenvalue weighted by molar-refractivity contribution is 5.65. The number of hydrogen-bond donors (Lipinski definition) is 0. The third-order valence-corrected chi connectivity index (χ3v) is 4.71. The van der Waals surface area contributed by atoms with Crippen molar-refractivity contribution in [3.05, 3.63) is 53.3 Å². The number of aryl methyl sites for hydroxylation is 1. The fraction of sp³-hybridized carbons (Fsp3) is 0.478. The van der Waals surface area contributed by atoms with E-state index in [0.717, 1.165) is 44.9 Å². The summed E-state index contributed by atoms with van der Waals surface area (Å²) in [6, 6.07) is 7.38. The van der Waals surface area contributed by atoms with Gasteiger partial charge in [-0.25, -0.2) is 13.2 Å². The van der Waals surface area contributed by atoms with E-state index in [1.807, 2.05) is 0 Å². The molecule has 0 aliphatic rings. The molecule has 0 atom stereocenters. The molecule has 2 aromatic rings. The van der Waals surface area contributed by atoms with E-state index in [1.165, 1.54) is 18.2 Å². The second kappa shape index (κ2) is 11.0. The van der Waals surface area contributed by atoms with Gasteiger partial charge >= 0.3 is 0 Å². The summed E-state index contributed by atoms with van der Waals surface area (Å²) in [5.74, 6) is -2.17. The van der Waals surface area contributed by atoms with Crippen LogP contribution in [0.25, 0.3) is 11.1 Å².